The molecule has 8 rings (SSSR count). The molecule has 0 radical (unpaired) electrons. The smallest absolute Gasteiger partial charge is 0.410 e. The Morgan fingerprint density at radius 2 is 1.45 bits per heavy atom. The average Bonchev–Trinajstić information content (AvgIpc) is 4.01. The highest BCUT2D eigenvalue weighted by Crippen LogP contribution is 2.40. The summed E-state index contributed by atoms with van der Waals surface area (Å²) in [6.45, 7) is 10.8. The molecule has 56 heavy (non-hydrogen) atoms. The second-order valence-electron chi connectivity index (χ2n) is 16.7. The molecular weight excluding hydrogens is 707 g/mol. The molecule has 3 aliphatic rings. The quantitative estimate of drug-likeness (QED) is 0.151. The van der Waals surface area contributed by atoms with Crippen molar-refractivity contribution in [2.45, 2.75) is 96.9 Å². The van der Waals surface area contributed by atoms with Gasteiger partial charge in [-0.1, -0.05) is 50.2 Å². The van der Waals surface area contributed by atoms with E-state index in [2.05, 4.69) is 69.9 Å². The Hall–Kier alpha value is -5.65. The topological polar surface area (TPSA) is 146 Å². The Balaban J connectivity index is 0.984. The number of nitrogens with zero attached hydrogens (tertiary/aromatic N) is 4. The number of H-pyrrole nitrogens is 2. The predicted octanol–water partition coefficient (Wildman–Crippen LogP) is 8.50. The molecule has 5 aromatic rings. The number of likely N-dealkylation sites (tertiary alicyclic amines) is 2. The number of ether oxygens (including phenoxy) is 2. The van der Waals surface area contributed by atoms with E-state index in [4.69, 9.17) is 19.4 Å². The van der Waals surface area contributed by atoms with Gasteiger partial charge < -0.3 is 29.7 Å². The zero-order valence-corrected chi connectivity index (χ0v) is 33.1. The molecule has 12 nitrogen and oxygen atoms in total. The Kier molecular flexibility index (Phi) is 9.84. The Morgan fingerprint density at radius 3 is 2.12 bits per heavy atom. The SMILES string of the molecule is COC(=O)N[C@H](C(=O)N1CCC[C@H]1c1ncc(-c2ccc3c(c2)CCc2cc(-c4ccc5nc(C6CCCN6C(=O)OC(C)(C)C)[nH]c5c4)ccc2-3)[nH]1)C(C)C. The van der Waals surface area contributed by atoms with Gasteiger partial charge in [-0.15, -0.1) is 0 Å². The molecule has 2 saturated heterocycles. The van der Waals surface area contributed by atoms with E-state index in [0.717, 1.165) is 83.6 Å². The number of rotatable bonds is 7. The number of aryl methyl sites for hydroxylation is 2. The number of carbonyl (C=O) groups excluding carboxylic acids is 3. The first-order chi connectivity index (χ1) is 26.9. The molecule has 4 heterocycles. The molecule has 12 heteroatoms. The van der Waals surface area contributed by atoms with E-state index in [1.165, 1.54) is 29.4 Å². The number of amides is 3. The summed E-state index contributed by atoms with van der Waals surface area (Å²) in [7, 11) is 1.30. The van der Waals surface area contributed by atoms with Crippen molar-refractivity contribution in [3.05, 3.63) is 83.6 Å². The summed E-state index contributed by atoms with van der Waals surface area (Å²) in [6.07, 6.45) is 6.24. The van der Waals surface area contributed by atoms with Crippen LogP contribution < -0.4 is 5.32 Å². The lowest BCUT2D eigenvalue weighted by molar-refractivity contribution is -0.135. The van der Waals surface area contributed by atoms with Crippen molar-refractivity contribution < 1.29 is 23.9 Å². The minimum absolute atomic E-state index is 0.0925. The molecule has 1 aliphatic carbocycles. The first kappa shape index (κ1) is 37.3. The van der Waals surface area contributed by atoms with E-state index < -0.39 is 17.7 Å². The fraction of sp³-hybridized carbons (Fsp3) is 0.432. The van der Waals surface area contributed by atoms with Gasteiger partial charge in [-0.3, -0.25) is 9.69 Å². The minimum atomic E-state index is -0.674. The van der Waals surface area contributed by atoms with Crippen molar-refractivity contribution in [1.82, 2.24) is 35.1 Å². The van der Waals surface area contributed by atoms with Gasteiger partial charge in [-0.25, -0.2) is 19.6 Å². The third-order valence-corrected chi connectivity index (χ3v) is 11.3. The van der Waals surface area contributed by atoms with Crippen LogP contribution in [0.3, 0.4) is 0 Å². The molecule has 0 saturated carbocycles. The van der Waals surface area contributed by atoms with Crippen LogP contribution in [-0.2, 0) is 27.1 Å². The monoisotopic (exact) mass is 757 g/mol. The molecule has 3 atom stereocenters. The van der Waals surface area contributed by atoms with Crippen LogP contribution in [0.25, 0.3) is 44.5 Å². The van der Waals surface area contributed by atoms with Crippen LogP contribution in [0, 0.1) is 5.92 Å². The van der Waals surface area contributed by atoms with E-state index in [1.54, 1.807) is 4.90 Å². The summed E-state index contributed by atoms with van der Waals surface area (Å²) < 4.78 is 10.5. The van der Waals surface area contributed by atoms with E-state index in [-0.39, 0.29) is 30.0 Å². The fourth-order valence-corrected chi connectivity index (χ4v) is 8.55. The number of nitrogens with one attached hydrogen (secondary N) is 3. The molecule has 1 unspecified atom stereocenters. The van der Waals surface area contributed by atoms with Crippen molar-refractivity contribution in [2.75, 3.05) is 20.2 Å². The zero-order chi connectivity index (χ0) is 39.3. The Morgan fingerprint density at radius 1 is 0.821 bits per heavy atom. The van der Waals surface area contributed by atoms with Crippen molar-refractivity contribution in [1.29, 1.82) is 0 Å². The molecule has 0 bridgehead atoms. The van der Waals surface area contributed by atoms with Crippen LogP contribution in [0.15, 0.2) is 60.8 Å². The number of imidazole rings is 2. The molecule has 3 aromatic carbocycles. The first-order valence-electron chi connectivity index (χ1n) is 19.8. The predicted molar refractivity (Wildman–Crippen MR) is 215 cm³/mol. The lowest BCUT2D eigenvalue weighted by Gasteiger charge is -2.30. The summed E-state index contributed by atoms with van der Waals surface area (Å²) in [5.74, 6) is 1.34. The maximum atomic E-state index is 13.6. The number of hydrogen-bond acceptors (Lipinski definition) is 7. The lowest BCUT2D eigenvalue weighted by Crippen LogP contribution is -2.51. The lowest BCUT2D eigenvalue weighted by atomic mass is 9.83. The van der Waals surface area contributed by atoms with Crippen LogP contribution >= 0.6 is 0 Å². The summed E-state index contributed by atoms with van der Waals surface area (Å²) >= 11 is 0. The number of aromatic amines is 2. The van der Waals surface area contributed by atoms with Crippen LogP contribution in [-0.4, -0.2) is 79.7 Å². The van der Waals surface area contributed by atoms with Crippen molar-refractivity contribution >= 4 is 29.1 Å². The Labute approximate surface area is 327 Å². The zero-order valence-electron chi connectivity index (χ0n) is 33.1. The van der Waals surface area contributed by atoms with Gasteiger partial charge in [0.15, 0.2) is 0 Å². The normalized spacial score (nSPS) is 18.6. The molecule has 2 aliphatic heterocycles. The van der Waals surface area contributed by atoms with Gasteiger partial charge in [0.25, 0.3) is 0 Å². The van der Waals surface area contributed by atoms with E-state index >= 15 is 0 Å². The third-order valence-electron chi connectivity index (χ3n) is 11.3. The van der Waals surface area contributed by atoms with Crippen LogP contribution in [0.5, 0.6) is 0 Å². The van der Waals surface area contributed by atoms with Crippen LogP contribution in [0.1, 0.15) is 95.2 Å². The number of hydrogen-bond donors (Lipinski definition) is 3. The van der Waals surface area contributed by atoms with Gasteiger partial charge in [-0.2, -0.15) is 0 Å². The number of alkyl carbamates (subject to hydrolysis) is 1. The maximum absolute atomic E-state index is 13.6. The van der Waals surface area contributed by atoms with Crippen LogP contribution in [0.4, 0.5) is 9.59 Å². The molecule has 292 valence electrons. The number of methoxy groups -OCH3 is 1. The molecular formula is C44H51N7O5. The summed E-state index contributed by atoms with van der Waals surface area (Å²) in [5, 5.41) is 2.72. The standard InChI is InChI=1S/C44H51N7O5/c1-25(2)38(49-42(53)55-6)41(52)50-19-7-9-36(50)39-45-24-35(48-39)30-14-17-32-29(22-30)12-11-28-21-26(13-16-31(28)32)27-15-18-33-34(23-27)47-40(46-33)37-10-8-20-51(37)43(54)56-44(3,4)5/h13-18,21-25,36-38H,7-12,19-20H2,1-6H3,(H,45,48)(H,46,47)(H,49,53)/t36-,37?,38-/m0/s1. The van der Waals surface area contributed by atoms with Gasteiger partial charge >= 0.3 is 12.2 Å². The third kappa shape index (κ3) is 7.24. The second-order valence-corrected chi connectivity index (χ2v) is 16.7. The minimum Gasteiger partial charge on any atom is -0.453 e. The largest absolute Gasteiger partial charge is 0.453 e. The van der Waals surface area contributed by atoms with Crippen molar-refractivity contribution in [2.24, 2.45) is 5.92 Å². The molecule has 2 fully saturated rings. The van der Waals surface area contributed by atoms with Crippen LogP contribution in [0.2, 0.25) is 0 Å². The summed E-state index contributed by atoms with van der Waals surface area (Å²) in [6, 6.07) is 18.7. The van der Waals surface area contributed by atoms with Gasteiger partial charge in [0.05, 0.1) is 42.1 Å². The molecule has 0 spiro atoms. The number of benzene rings is 3. The molecule has 3 N–H and O–H groups in total. The highest BCUT2D eigenvalue weighted by Gasteiger charge is 2.38. The average molecular weight is 758 g/mol. The molecule has 3 amide bonds. The first-order valence-corrected chi connectivity index (χ1v) is 19.8. The number of fused-ring (bicyclic) bond motifs is 4. The van der Waals surface area contributed by atoms with E-state index in [9.17, 15) is 14.4 Å². The van der Waals surface area contributed by atoms with Crippen molar-refractivity contribution in [3.8, 4) is 33.5 Å². The van der Waals surface area contributed by atoms with Gasteiger partial charge in [-0.05, 0) is 122 Å². The number of carbonyl (C=O) groups is 3. The highest BCUT2D eigenvalue weighted by atomic mass is 16.6. The van der Waals surface area contributed by atoms with Gasteiger partial charge in [0.2, 0.25) is 5.91 Å². The van der Waals surface area contributed by atoms with Crippen molar-refractivity contribution in [3.63, 3.8) is 0 Å². The van der Waals surface area contributed by atoms with Gasteiger partial charge in [0, 0.05) is 13.1 Å². The second kappa shape index (κ2) is 14.8. The van der Waals surface area contributed by atoms with Gasteiger partial charge in [0.1, 0.15) is 23.3 Å². The number of aromatic nitrogens is 4. The maximum Gasteiger partial charge on any atom is 0.410 e. The highest BCUT2D eigenvalue weighted by molar-refractivity contribution is 5.87. The molecule has 2 aromatic heterocycles. The summed E-state index contributed by atoms with van der Waals surface area (Å²) in [4.78, 5) is 58.9. The van der Waals surface area contributed by atoms with E-state index in [1.807, 2.05) is 45.7 Å². The van der Waals surface area contributed by atoms with E-state index in [0.29, 0.717) is 13.1 Å². The summed E-state index contributed by atoms with van der Waals surface area (Å²) in [5.41, 5.74) is 10.6. The fourth-order valence-electron chi connectivity index (χ4n) is 8.55. The Bertz CT molecular complexity index is 2300.